The first kappa shape index (κ1) is 22.8. The first-order valence-corrected chi connectivity index (χ1v) is 11.7. The number of hydrogen-bond acceptors (Lipinski definition) is 4. The van der Waals surface area contributed by atoms with Crippen molar-refractivity contribution in [2.75, 3.05) is 30.0 Å². The van der Waals surface area contributed by atoms with E-state index in [0.29, 0.717) is 41.7 Å². The minimum absolute atomic E-state index is 0.0166. The summed E-state index contributed by atoms with van der Waals surface area (Å²) in [6.45, 7) is 0.898. The molecule has 3 aromatic carbocycles. The van der Waals surface area contributed by atoms with Gasteiger partial charge in [-0.1, -0.05) is 29.8 Å². The lowest BCUT2D eigenvalue weighted by atomic mass is 10.1. The Labute approximate surface area is 207 Å². The lowest BCUT2D eigenvalue weighted by Gasteiger charge is -2.30. The molecular formula is C27H24ClN3O4. The number of amides is 2. The summed E-state index contributed by atoms with van der Waals surface area (Å²) < 4.78 is 11.3. The highest BCUT2D eigenvalue weighted by atomic mass is 35.5. The van der Waals surface area contributed by atoms with Crippen LogP contribution in [0.15, 0.2) is 72.9 Å². The molecule has 1 aromatic heterocycles. The van der Waals surface area contributed by atoms with Gasteiger partial charge in [0.1, 0.15) is 11.5 Å². The van der Waals surface area contributed by atoms with Gasteiger partial charge in [0, 0.05) is 34.4 Å². The highest BCUT2D eigenvalue weighted by Gasteiger charge is 2.25. The number of ether oxygens (including phenoxy) is 2. The normalized spacial score (nSPS) is 12.8. The molecule has 5 rings (SSSR count). The third-order valence-corrected chi connectivity index (χ3v) is 6.07. The third kappa shape index (κ3) is 5.25. The number of anilines is 2. The monoisotopic (exact) mass is 489 g/mol. The van der Waals surface area contributed by atoms with Crippen molar-refractivity contribution in [1.82, 2.24) is 4.98 Å². The average Bonchev–Trinajstić information content (AvgIpc) is 3.26. The maximum atomic E-state index is 12.7. The lowest BCUT2D eigenvalue weighted by molar-refractivity contribution is -0.121. The summed E-state index contributed by atoms with van der Waals surface area (Å²) >= 11 is 5.90. The molecule has 7 nitrogen and oxygen atoms in total. The Morgan fingerprint density at radius 3 is 2.80 bits per heavy atom. The fourth-order valence-corrected chi connectivity index (χ4v) is 4.25. The molecule has 1 aliphatic rings. The number of aromatic nitrogens is 1. The number of benzene rings is 3. The predicted molar refractivity (Wildman–Crippen MR) is 136 cm³/mol. The molecule has 0 saturated heterocycles. The number of nitrogens with zero attached hydrogens (tertiary/aromatic N) is 1. The van der Waals surface area contributed by atoms with E-state index in [1.54, 1.807) is 35.2 Å². The lowest BCUT2D eigenvalue weighted by Crippen LogP contribution is -2.39. The van der Waals surface area contributed by atoms with Crippen molar-refractivity contribution >= 4 is 45.7 Å². The summed E-state index contributed by atoms with van der Waals surface area (Å²) in [6.07, 6.45) is 2.73. The number of para-hydroxylation sites is 1. The van der Waals surface area contributed by atoms with Gasteiger partial charge >= 0.3 is 0 Å². The van der Waals surface area contributed by atoms with E-state index in [4.69, 9.17) is 21.1 Å². The maximum absolute atomic E-state index is 12.7. The van der Waals surface area contributed by atoms with Gasteiger partial charge in [-0.05, 0) is 60.5 Å². The molecule has 1 aliphatic heterocycles. The zero-order valence-electron chi connectivity index (χ0n) is 18.9. The zero-order valence-corrected chi connectivity index (χ0v) is 19.7. The molecule has 8 heteroatoms. The second kappa shape index (κ2) is 10.1. The number of carbonyl (C=O) groups excluding carboxylic acids is 2. The maximum Gasteiger partial charge on any atom is 0.265 e. The molecule has 0 bridgehead atoms. The van der Waals surface area contributed by atoms with Crippen molar-refractivity contribution in [3.05, 3.63) is 83.5 Å². The van der Waals surface area contributed by atoms with Gasteiger partial charge < -0.3 is 24.7 Å². The van der Waals surface area contributed by atoms with Crippen LogP contribution in [0, 0.1) is 0 Å². The van der Waals surface area contributed by atoms with Gasteiger partial charge in [-0.25, -0.2) is 0 Å². The van der Waals surface area contributed by atoms with E-state index in [1.165, 1.54) is 0 Å². The first-order valence-electron chi connectivity index (χ1n) is 11.4. The van der Waals surface area contributed by atoms with Crippen LogP contribution in [0.25, 0.3) is 10.9 Å². The van der Waals surface area contributed by atoms with Crippen molar-refractivity contribution < 1.29 is 19.1 Å². The topological polar surface area (TPSA) is 83.7 Å². The zero-order chi connectivity index (χ0) is 24.2. The Morgan fingerprint density at radius 2 is 1.94 bits per heavy atom. The molecule has 0 aliphatic carbocycles. The van der Waals surface area contributed by atoms with Crippen LogP contribution in [-0.4, -0.2) is 36.6 Å². The molecule has 0 unspecified atom stereocenters. The minimum atomic E-state index is -0.138. The molecule has 178 valence electrons. The van der Waals surface area contributed by atoms with Gasteiger partial charge in [-0.2, -0.15) is 0 Å². The van der Waals surface area contributed by atoms with Gasteiger partial charge in [-0.15, -0.1) is 0 Å². The summed E-state index contributed by atoms with van der Waals surface area (Å²) in [5.41, 5.74) is 3.17. The summed E-state index contributed by atoms with van der Waals surface area (Å²) in [7, 11) is 0. The average molecular weight is 490 g/mol. The van der Waals surface area contributed by atoms with E-state index in [2.05, 4.69) is 10.3 Å². The second-order valence-corrected chi connectivity index (χ2v) is 8.69. The number of aromatic amines is 1. The van der Waals surface area contributed by atoms with Gasteiger partial charge in [0.2, 0.25) is 5.91 Å². The van der Waals surface area contributed by atoms with Crippen LogP contribution in [0.5, 0.6) is 11.5 Å². The number of fused-ring (bicyclic) bond motifs is 2. The Balaban J connectivity index is 1.23. The molecule has 0 atom stereocenters. The number of carbonyl (C=O) groups is 2. The van der Waals surface area contributed by atoms with Gasteiger partial charge in [0.05, 0.1) is 18.7 Å². The van der Waals surface area contributed by atoms with Crippen molar-refractivity contribution in [2.24, 2.45) is 0 Å². The van der Waals surface area contributed by atoms with Gasteiger partial charge in [0.15, 0.2) is 6.61 Å². The number of halogens is 1. The molecule has 0 spiro atoms. The molecule has 2 N–H and O–H groups in total. The Hall–Kier alpha value is -3.97. The van der Waals surface area contributed by atoms with Crippen LogP contribution < -0.4 is 19.7 Å². The molecule has 4 aromatic rings. The van der Waals surface area contributed by atoms with E-state index in [9.17, 15) is 9.59 Å². The summed E-state index contributed by atoms with van der Waals surface area (Å²) in [5.74, 6) is 1.06. The number of H-pyrrole nitrogens is 1. The quantitative estimate of drug-likeness (QED) is 0.333. The molecule has 0 radical (unpaired) electrons. The van der Waals surface area contributed by atoms with Crippen molar-refractivity contribution in [3.63, 3.8) is 0 Å². The Bertz CT molecular complexity index is 1370. The standard InChI is InChI=1S/C27H24ClN3O4/c28-19-6-9-21(10-7-19)34-13-3-12-31-24-15-20(8-11-25(24)35-17-27(31)33)30-26(32)14-18-16-29-23-5-2-1-4-22(18)23/h1-2,4-11,15-16,29H,3,12-14,17H2,(H,30,32). The van der Waals surface area contributed by atoms with Crippen LogP contribution in [-0.2, 0) is 16.0 Å². The van der Waals surface area contributed by atoms with Crippen LogP contribution >= 0.6 is 11.6 Å². The Morgan fingerprint density at radius 1 is 1.11 bits per heavy atom. The summed E-state index contributed by atoms with van der Waals surface area (Å²) in [5, 5.41) is 4.62. The second-order valence-electron chi connectivity index (χ2n) is 8.26. The molecule has 0 fully saturated rings. The molecule has 0 saturated carbocycles. The molecule has 35 heavy (non-hydrogen) atoms. The van der Waals surface area contributed by atoms with Gasteiger partial charge in [0.25, 0.3) is 5.91 Å². The van der Waals surface area contributed by atoms with E-state index < -0.39 is 0 Å². The SMILES string of the molecule is O=C(Cc1c[nH]c2ccccc12)Nc1ccc2c(c1)N(CCCOc1ccc(Cl)cc1)C(=O)CO2. The van der Waals surface area contributed by atoms with E-state index in [0.717, 1.165) is 22.2 Å². The van der Waals surface area contributed by atoms with Crippen LogP contribution in [0.3, 0.4) is 0 Å². The molecule has 2 amide bonds. The molecule has 2 heterocycles. The van der Waals surface area contributed by atoms with Crippen molar-refractivity contribution in [2.45, 2.75) is 12.8 Å². The number of hydrogen-bond donors (Lipinski definition) is 2. The fourth-order valence-electron chi connectivity index (χ4n) is 4.12. The highest BCUT2D eigenvalue weighted by Crippen LogP contribution is 2.35. The Kier molecular flexibility index (Phi) is 6.59. The van der Waals surface area contributed by atoms with Crippen LogP contribution in [0.1, 0.15) is 12.0 Å². The summed E-state index contributed by atoms with van der Waals surface area (Å²) in [6, 6.07) is 20.4. The fraction of sp³-hybridized carbons (Fsp3) is 0.185. The predicted octanol–water partition coefficient (Wildman–Crippen LogP) is 5.20. The van der Waals surface area contributed by atoms with Crippen molar-refractivity contribution in [1.29, 1.82) is 0 Å². The molecular weight excluding hydrogens is 466 g/mol. The van der Waals surface area contributed by atoms with Crippen molar-refractivity contribution in [3.8, 4) is 11.5 Å². The largest absolute Gasteiger partial charge is 0.494 e. The van der Waals surface area contributed by atoms with Crippen LogP contribution in [0.4, 0.5) is 11.4 Å². The first-order chi connectivity index (χ1) is 17.1. The highest BCUT2D eigenvalue weighted by molar-refractivity contribution is 6.30. The minimum Gasteiger partial charge on any atom is -0.494 e. The van der Waals surface area contributed by atoms with Gasteiger partial charge in [-0.3, -0.25) is 9.59 Å². The van der Waals surface area contributed by atoms with Crippen LogP contribution in [0.2, 0.25) is 5.02 Å². The summed E-state index contributed by atoms with van der Waals surface area (Å²) in [4.78, 5) is 30.2. The number of rotatable bonds is 8. The van der Waals surface area contributed by atoms with E-state index in [1.807, 2.05) is 42.6 Å². The van der Waals surface area contributed by atoms with E-state index in [-0.39, 0.29) is 24.8 Å². The smallest absolute Gasteiger partial charge is 0.265 e. The third-order valence-electron chi connectivity index (χ3n) is 5.82. The number of nitrogens with one attached hydrogen (secondary N) is 2. The van der Waals surface area contributed by atoms with E-state index >= 15 is 0 Å².